The lowest BCUT2D eigenvalue weighted by Crippen LogP contribution is -2.07. The lowest BCUT2D eigenvalue weighted by atomic mass is 10.5. The number of pyridine rings is 1. The van der Waals surface area contributed by atoms with E-state index in [2.05, 4.69) is 31.3 Å². The zero-order valence-electron chi connectivity index (χ0n) is 11.7. The van der Waals surface area contributed by atoms with E-state index in [1.54, 1.807) is 12.4 Å². The SMILES string of the molecule is C=CC[P+](CC=C)(CC=C)CC=C.c1ccncc1. The molecule has 0 aliphatic rings. The molecule has 0 unspecified atom stereocenters. The van der Waals surface area contributed by atoms with Gasteiger partial charge in [0, 0.05) is 19.7 Å². The predicted octanol–water partition coefficient (Wildman–Crippen LogP) is 4.83. The van der Waals surface area contributed by atoms with E-state index >= 15 is 0 Å². The van der Waals surface area contributed by atoms with E-state index in [9.17, 15) is 0 Å². The number of aromatic nitrogens is 1. The summed E-state index contributed by atoms with van der Waals surface area (Å²) in [5.74, 6) is 0. The Kier molecular flexibility index (Phi) is 10.7. The molecule has 1 aromatic heterocycles. The van der Waals surface area contributed by atoms with Crippen molar-refractivity contribution < 1.29 is 0 Å². The normalized spacial score (nSPS) is 9.68. The maximum Gasteiger partial charge on any atom is 0.0780 e. The van der Waals surface area contributed by atoms with Crippen LogP contribution in [0.2, 0.25) is 0 Å². The highest BCUT2D eigenvalue weighted by Gasteiger charge is 2.31. The van der Waals surface area contributed by atoms with Gasteiger partial charge in [-0.2, -0.15) is 0 Å². The molecule has 1 heterocycles. The third kappa shape index (κ3) is 8.29. The van der Waals surface area contributed by atoms with Crippen LogP contribution >= 0.6 is 7.26 Å². The van der Waals surface area contributed by atoms with E-state index in [0.29, 0.717) is 0 Å². The topological polar surface area (TPSA) is 12.9 Å². The van der Waals surface area contributed by atoms with Gasteiger partial charge in [0.1, 0.15) is 0 Å². The zero-order valence-corrected chi connectivity index (χ0v) is 12.6. The summed E-state index contributed by atoms with van der Waals surface area (Å²) in [6, 6.07) is 5.72. The van der Waals surface area contributed by atoms with Crippen LogP contribution in [0.4, 0.5) is 0 Å². The number of allylic oxidation sites excluding steroid dienone is 4. The molecule has 0 aliphatic carbocycles. The Bertz CT molecular complexity index is 298. The van der Waals surface area contributed by atoms with E-state index < -0.39 is 7.26 Å². The van der Waals surface area contributed by atoms with E-state index in [1.807, 2.05) is 42.5 Å². The molecule has 0 saturated heterocycles. The summed E-state index contributed by atoms with van der Waals surface area (Å²) in [4.78, 5) is 3.78. The van der Waals surface area contributed by atoms with Crippen molar-refractivity contribution in [1.29, 1.82) is 0 Å². The van der Waals surface area contributed by atoms with Crippen molar-refractivity contribution >= 4 is 7.26 Å². The first kappa shape index (κ1) is 17.5. The third-order valence-electron chi connectivity index (χ3n) is 2.63. The van der Waals surface area contributed by atoms with Crippen molar-refractivity contribution in [2.45, 2.75) is 0 Å². The quantitative estimate of drug-likeness (QED) is 0.489. The van der Waals surface area contributed by atoms with Crippen LogP contribution in [0, 0.1) is 0 Å². The van der Waals surface area contributed by atoms with Gasteiger partial charge in [-0.15, -0.1) is 0 Å². The minimum absolute atomic E-state index is 0.968. The molecule has 0 radical (unpaired) electrons. The van der Waals surface area contributed by atoms with Crippen molar-refractivity contribution in [3.05, 3.63) is 81.2 Å². The molecular formula is C17H25NP+. The van der Waals surface area contributed by atoms with Crippen molar-refractivity contribution in [2.24, 2.45) is 0 Å². The molecule has 0 bridgehead atoms. The van der Waals surface area contributed by atoms with Crippen LogP contribution < -0.4 is 0 Å². The summed E-state index contributed by atoms with van der Waals surface area (Å²) >= 11 is 0. The van der Waals surface area contributed by atoms with Crippen LogP contribution in [-0.4, -0.2) is 29.6 Å². The highest BCUT2D eigenvalue weighted by Crippen LogP contribution is 2.58. The Morgan fingerprint density at radius 1 is 0.684 bits per heavy atom. The first-order valence-electron chi connectivity index (χ1n) is 6.38. The monoisotopic (exact) mass is 274 g/mol. The van der Waals surface area contributed by atoms with E-state index in [0.717, 1.165) is 24.6 Å². The first-order chi connectivity index (χ1) is 9.24. The predicted molar refractivity (Wildman–Crippen MR) is 91.4 cm³/mol. The Hall–Kier alpha value is -1.46. The smallest absolute Gasteiger partial charge is 0.0780 e. The van der Waals surface area contributed by atoms with Gasteiger partial charge in [0.15, 0.2) is 0 Å². The van der Waals surface area contributed by atoms with Crippen LogP contribution in [0.3, 0.4) is 0 Å². The fraction of sp³-hybridized carbons (Fsp3) is 0.235. The van der Waals surface area contributed by atoms with Crippen molar-refractivity contribution in [3.8, 4) is 0 Å². The molecule has 1 rings (SSSR count). The average molecular weight is 274 g/mol. The number of nitrogens with zero attached hydrogens (tertiary/aromatic N) is 1. The molecule has 0 aliphatic heterocycles. The molecular weight excluding hydrogens is 249 g/mol. The van der Waals surface area contributed by atoms with Gasteiger partial charge < -0.3 is 0 Å². The van der Waals surface area contributed by atoms with E-state index in [4.69, 9.17) is 0 Å². The molecule has 0 amide bonds. The zero-order chi connectivity index (χ0) is 14.4. The lowest BCUT2D eigenvalue weighted by molar-refractivity contribution is 1.33. The van der Waals surface area contributed by atoms with E-state index in [1.165, 1.54) is 0 Å². The Balaban J connectivity index is 0.000000443. The molecule has 102 valence electrons. The molecule has 1 aromatic rings. The molecule has 0 saturated carbocycles. The van der Waals surface area contributed by atoms with Gasteiger partial charge in [0.25, 0.3) is 0 Å². The Morgan fingerprint density at radius 3 is 1.21 bits per heavy atom. The van der Waals surface area contributed by atoms with Gasteiger partial charge in [-0.3, -0.25) is 4.98 Å². The molecule has 19 heavy (non-hydrogen) atoms. The molecule has 0 spiro atoms. The Labute approximate surface area is 118 Å². The van der Waals surface area contributed by atoms with Crippen LogP contribution in [0.5, 0.6) is 0 Å². The summed E-state index contributed by atoms with van der Waals surface area (Å²) in [6.07, 6.45) is 16.0. The summed E-state index contributed by atoms with van der Waals surface area (Å²) in [5.41, 5.74) is 0. The summed E-state index contributed by atoms with van der Waals surface area (Å²) in [6.45, 7) is 15.3. The minimum Gasteiger partial charge on any atom is -0.265 e. The summed E-state index contributed by atoms with van der Waals surface area (Å²) in [7, 11) is -0.968. The van der Waals surface area contributed by atoms with Crippen LogP contribution in [0.1, 0.15) is 0 Å². The van der Waals surface area contributed by atoms with E-state index in [-0.39, 0.29) is 0 Å². The largest absolute Gasteiger partial charge is 0.265 e. The molecule has 0 aromatic carbocycles. The second kappa shape index (κ2) is 11.6. The fourth-order valence-corrected chi connectivity index (χ4v) is 4.94. The summed E-state index contributed by atoms with van der Waals surface area (Å²) < 4.78 is 0. The molecule has 0 fully saturated rings. The van der Waals surface area contributed by atoms with Gasteiger partial charge in [-0.05, 0) is 12.1 Å². The molecule has 0 N–H and O–H groups in total. The van der Waals surface area contributed by atoms with Crippen molar-refractivity contribution in [3.63, 3.8) is 0 Å². The van der Waals surface area contributed by atoms with Gasteiger partial charge in [-0.1, -0.05) is 56.7 Å². The molecule has 0 atom stereocenters. The van der Waals surface area contributed by atoms with Gasteiger partial charge >= 0.3 is 0 Å². The van der Waals surface area contributed by atoms with Crippen LogP contribution in [0.25, 0.3) is 0 Å². The van der Waals surface area contributed by atoms with Crippen LogP contribution in [-0.2, 0) is 0 Å². The average Bonchev–Trinajstić information content (AvgIpc) is 2.43. The molecule has 2 heteroatoms. The first-order valence-corrected chi connectivity index (χ1v) is 8.91. The van der Waals surface area contributed by atoms with Crippen molar-refractivity contribution in [1.82, 2.24) is 4.98 Å². The second-order valence-corrected chi connectivity index (χ2v) is 8.40. The summed E-state index contributed by atoms with van der Waals surface area (Å²) in [5, 5.41) is 0. The number of hydrogen-bond acceptors (Lipinski definition) is 1. The van der Waals surface area contributed by atoms with Gasteiger partial charge in [0.05, 0.1) is 24.6 Å². The maximum atomic E-state index is 3.82. The lowest BCUT2D eigenvalue weighted by Gasteiger charge is -2.22. The van der Waals surface area contributed by atoms with Crippen LogP contribution in [0.15, 0.2) is 81.2 Å². The van der Waals surface area contributed by atoms with Crippen molar-refractivity contribution in [2.75, 3.05) is 24.6 Å². The van der Waals surface area contributed by atoms with Gasteiger partial charge in [0.2, 0.25) is 0 Å². The second-order valence-electron chi connectivity index (χ2n) is 4.25. The van der Waals surface area contributed by atoms with Gasteiger partial charge in [-0.25, -0.2) is 0 Å². The number of hydrogen-bond donors (Lipinski definition) is 0. The third-order valence-corrected chi connectivity index (χ3v) is 6.76. The number of rotatable bonds is 8. The highest BCUT2D eigenvalue weighted by atomic mass is 31.2. The minimum atomic E-state index is -0.968. The standard InChI is InChI=1S/C12H20P.C5H5N/c1-5-9-13(10-6-2,11-7-3)12-8-4;1-2-4-6-5-3-1/h5-8H,1-4,9-12H2;1-5H/q+1;. The highest BCUT2D eigenvalue weighted by molar-refractivity contribution is 7.76. The maximum absolute atomic E-state index is 3.82. The fourth-order valence-electron chi connectivity index (χ4n) is 1.86. The Morgan fingerprint density at radius 2 is 1.05 bits per heavy atom. The molecule has 1 nitrogen and oxygen atoms in total.